The topological polar surface area (TPSA) is 34.1 Å². The van der Waals surface area contributed by atoms with Crippen molar-refractivity contribution in [1.82, 2.24) is 0 Å². The van der Waals surface area contributed by atoms with Gasteiger partial charge in [-0.25, -0.2) is 8.42 Å². The molecule has 4 heteroatoms. The van der Waals surface area contributed by atoms with E-state index in [-0.39, 0.29) is 11.5 Å². The van der Waals surface area contributed by atoms with Crippen molar-refractivity contribution in [3.8, 4) is 0 Å². The van der Waals surface area contributed by atoms with Crippen LogP contribution in [0.5, 0.6) is 0 Å². The van der Waals surface area contributed by atoms with E-state index in [4.69, 9.17) is 11.6 Å². The summed E-state index contributed by atoms with van der Waals surface area (Å²) in [5.74, 6) is 1.36. The maximum Gasteiger partial charge on any atom is 0.154 e. The van der Waals surface area contributed by atoms with Crippen LogP contribution in [-0.4, -0.2) is 20.1 Å². The molecule has 0 aliphatic rings. The maximum atomic E-state index is 12.0. The van der Waals surface area contributed by atoms with Gasteiger partial charge in [-0.2, -0.15) is 0 Å². The van der Waals surface area contributed by atoms with Crippen LogP contribution < -0.4 is 0 Å². The summed E-state index contributed by atoms with van der Waals surface area (Å²) in [5, 5.41) is 0. The molecule has 0 bridgehead atoms. The van der Waals surface area contributed by atoms with E-state index < -0.39 is 9.84 Å². The number of benzene rings is 1. The number of sulfone groups is 1. The van der Waals surface area contributed by atoms with Gasteiger partial charge < -0.3 is 0 Å². The second kappa shape index (κ2) is 7.15. The highest BCUT2D eigenvalue weighted by Gasteiger charge is 2.15. The van der Waals surface area contributed by atoms with E-state index in [1.54, 1.807) is 0 Å². The van der Waals surface area contributed by atoms with Gasteiger partial charge in [0.1, 0.15) is 0 Å². The molecular formula is C14H21ClO2S. The van der Waals surface area contributed by atoms with Crippen molar-refractivity contribution >= 4 is 21.4 Å². The number of alkyl halides is 1. The van der Waals surface area contributed by atoms with Crippen LogP contribution in [0.15, 0.2) is 24.3 Å². The Morgan fingerprint density at radius 3 is 2.50 bits per heavy atom. The summed E-state index contributed by atoms with van der Waals surface area (Å²) in [6, 6.07) is 7.64. The lowest BCUT2D eigenvalue weighted by Crippen LogP contribution is -2.13. The quantitative estimate of drug-likeness (QED) is 0.719. The van der Waals surface area contributed by atoms with Gasteiger partial charge in [0.15, 0.2) is 9.84 Å². The zero-order valence-electron chi connectivity index (χ0n) is 11.0. The van der Waals surface area contributed by atoms with E-state index in [1.165, 1.54) is 0 Å². The molecule has 102 valence electrons. The molecule has 18 heavy (non-hydrogen) atoms. The Morgan fingerprint density at radius 1 is 1.22 bits per heavy atom. The van der Waals surface area contributed by atoms with Crippen molar-refractivity contribution in [2.24, 2.45) is 5.92 Å². The summed E-state index contributed by atoms with van der Waals surface area (Å²) in [4.78, 5) is 0. The first-order valence-corrected chi connectivity index (χ1v) is 8.61. The number of halogens is 1. The summed E-state index contributed by atoms with van der Waals surface area (Å²) in [6.07, 6.45) is 1.57. The van der Waals surface area contributed by atoms with Gasteiger partial charge in [-0.3, -0.25) is 0 Å². The van der Waals surface area contributed by atoms with Crippen molar-refractivity contribution in [3.05, 3.63) is 35.4 Å². The molecule has 0 aromatic heterocycles. The Morgan fingerprint density at radius 2 is 1.89 bits per heavy atom. The van der Waals surface area contributed by atoms with Gasteiger partial charge >= 0.3 is 0 Å². The predicted molar refractivity (Wildman–Crippen MR) is 77.8 cm³/mol. The van der Waals surface area contributed by atoms with E-state index in [1.807, 2.05) is 38.1 Å². The monoisotopic (exact) mass is 288 g/mol. The largest absolute Gasteiger partial charge is 0.228 e. The van der Waals surface area contributed by atoms with E-state index in [9.17, 15) is 8.42 Å². The molecule has 0 radical (unpaired) electrons. The third kappa shape index (κ3) is 5.40. The number of rotatable bonds is 7. The lowest BCUT2D eigenvalue weighted by Gasteiger charge is -2.11. The average Bonchev–Trinajstić information content (AvgIpc) is 2.30. The third-order valence-corrected chi connectivity index (χ3v) is 4.99. The standard InChI is InChI=1S/C14H21ClO2S/c1-12(7-9-15)8-10-18(16,17)11-14-6-4-3-5-13(14)2/h3-6,12H,7-11H2,1-2H3. The molecule has 1 aromatic carbocycles. The van der Waals surface area contributed by atoms with Gasteiger partial charge in [-0.05, 0) is 36.8 Å². The second-order valence-electron chi connectivity index (χ2n) is 4.89. The number of hydrogen-bond donors (Lipinski definition) is 0. The fraction of sp³-hybridized carbons (Fsp3) is 0.571. The molecule has 0 aliphatic heterocycles. The van der Waals surface area contributed by atoms with Crippen LogP contribution in [0.25, 0.3) is 0 Å². The highest BCUT2D eigenvalue weighted by Crippen LogP contribution is 2.15. The summed E-state index contributed by atoms with van der Waals surface area (Å²) in [5.41, 5.74) is 1.94. The highest BCUT2D eigenvalue weighted by atomic mass is 35.5. The van der Waals surface area contributed by atoms with Crippen LogP contribution in [0.3, 0.4) is 0 Å². The number of hydrogen-bond acceptors (Lipinski definition) is 2. The third-order valence-electron chi connectivity index (χ3n) is 3.16. The SMILES string of the molecule is Cc1ccccc1CS(=O)(=O)CCC(C)CCCl. The predicted octanol–water partition coefficient (Wildman–Crippen LogP) is 3.56. The lowest BCUT2D eigenvalue weighted by atomic mass is 10.1. The molecule has 1 rings (SSSR count). The van der Waals surface area contributed by atoms with Gasteiger partial charge in [0.05, 0.1) is 11.5 Å². The molecule has 0 N–H and O–H groups in total. The number of aryl methyl sites for hydroxylation is 1. The fourth-order valence-corrected chi connectivity index (χ4v) is 3.87. The minimum atomic E-state index is -3.01. The average molecular weight is 289 g/mol. The Balaban J connectivity index is 2.58. The van der Waals surface area contributed by atoms with Gasteiger partial charge in [-0.15, -0.1) is 11.6 Å². The minimum Gasteiger partial charge on any atom is -0.228 e. The molecule has 0 fully saturated rings. The molecule has 0 saturated carbocycles. The van der Waals surface area contributed by atoms with Crippen molar-refractivity contribution in [3.63, 3.8) is 0 Å². The van der Waals surface area contributed by atoms with Gasteiger partial charge in [0.2, 0.25) is 0 Å². The second-order valence-corrected chi connectivity index (χ2v) is 7.45. The van der Waals surface area contributed by atoms with Crippen LogP contribution in [0.2, 0.25) is 0 Å². The first kappa shape index (κ1) is 15.5. The van der Waals surface area contributed by atoms with Crippen LogP contribution in [0.1, 0.15) is 30.9 Å². The van der Waals surface area contributed by atoms with E-state index >= 15 is 0 Å². The molecule has 0 amide bonds. The van der Waals surface area contributed by atoms with Crippen LogP contribution in [0.4, 0.5) is 0 Å². The zero-order chi connectivity index (χ0) is 13.6. The van der Waals surface area contributed by atoms with Crippen LogP contribution in [0, 0.1) is 12.8 Å². The summed E-state index contributed by atoms with van der Waals surface area (Å²) >= 11 is 5.65. The Hall–Kier alpha value is -0.540. The lowest BCUT2D eigenvalue weighted by molar-refractivity contribution is 0.534. The maximum absolute atomic E-state index is 12.0. The van der Waals surface area contributed by atoms with Gasteiger partial charge in [0.25, 0.3) is 0 Å². The van der Waals surface area contributed by atoms with Crippen LogP contribution >= 0.6 is 11.6 Å². The van der Waals surface area contributed by atoms with E-state index in [0.717, 1.165) is 17.5 Å². The smallest absolute Gasteiger partial charge is 0.154 e. The summed E-state index contributed by atoms with van der Waals surface area (Å²) in [6.45, 7) is 3.99. The molecule has 1 atom stereocenters. The summed E-state index contributed by atoms with van der Waals surface area (Å²) < 4.78 is 24.1. The van der Waals surface area contributed by atoms with Crippen molar-refractivity contribution in [2.45, 2.75) is 32.4 Å². The Labute approximate surface area is 115 Å². The highest BCUT2D eigenvalue weighted by molar-refractivity contribution is 7.90. The summed E-state index contributed by atoms with van der Waals surface area (Å²) in [7, 11) is -3.01. The van der Waals surface area contributed by atoms with Gasteiger partial charge in [-0.1, -0.05) is 31.2 Å². The van der Waals surface area contributed by atoms with E-state index in [0.29, 0.717) is 18.2 Å². The normalized spacial score (nSPS) is 13.5. The van der Waals surface area contributed by atoms with Crippen LogP contribution in [-0.2, 0) is 15.6 Å². The fourth-order valence-electron chi connectivity index (χ4n) is 1.79. The first-order chi connectivity index (χ1) is 8.44. The molecule has 0 heterocycles. The molecule has 0 saturated heterocycles. The first-order valence-electron chi connectivity index (χ1n) is 6.25. The Bertz CT molecular complexity index is 468. The van der Waals surface area contributed by atoms with Crippen molar-refractivity contribution in [2.75, 3.05) is 11.6 Å². The zero-order valence-corrected chi connectivity index (χ0v) is 12.6. The molecule has 0 spiro atoms. The molecule has 0 aliphatic carbocycles. The van der Waals surface area contributed by atoms with Crippen molar-refractivity contribution < 1.29 is 8.42 Å². The van der Waals surface area contributed by atoms with Gasteiger partial charge in [0, 0.05) is 5.88 Å². The molecular weight excluding hydrogens is 268 g/mol. The molecule has 1 aromatic rings. The Kier molecular flexibility index (Phi) is 6.16. The molecule has 2 nitrogen and oxygen atoms in total. The van der Waals surface area contributed by atoms with Crippen molar-refractivity contribution in [1.29, 1.82) is 0 Å². The molecule has 1 unspecified atom stereocenters. The minimum absolute atomic E-state index is 0.146. The van der Waals surface area contributed by atoms with E-state index in [2.05, 4.69) is 0 Å².